The molecule has 1 atom stereocenters. The molecule has 0 aliphatic heterocycles. The van der Waals surface area contributed by atoms with Crippen molar-refractivity contribution >= 4 is 23.2 Å². The van der Waals surface area contributed by atoms with E-state index in [9.17, 15) is 22.8 Å². The normalized spacial score (nSPS) is 16.8. The van der Waals surface area contributed by atoms with Crippen LogP contribution in [0.3, 0.4) is 0 Å². The van der Waals surface area contributed by atoms with Gasteiger partial charge in [-0.05, 0) is 18.9 Å². The van der Waals surface area contributed by atoms with Gasteiger partial charge in [0.2, 0.25) is 5.91 Å². The van der Waals surface area contributed by atoms with Crippen LogP contribution in [0.5, 0.6) is 0 Å². The van der Waals surface area contributed by atoms with Crippen LogP contribution >= 0.6 is 11.3 Å². The zero-order valence-electron chi connectivity index (χ0n) is 10.2. The molecule has 110 valence electrons. The van der Waals surface area contributed by atoms with E-state index in [0.717, 1.165) is 35.6 Å². The van der Waals surface area contributed by atoms with Crippen molar-refractivity contribution in [2.45, 2.75) is 31.5 Å². The number of carboxylic acids is 1. The van der Waals surface area contributed by atoms with E-state index in [1.54, 1.807) is 0 Å². The van der Waals surface area contributed by atoms with Gasteiger partial charge in [-0.3, -0.25) is 4.79 Å². The lowest BCUT2D eigenvalue weighted by Gasteiger charge is -2.13. The van der Waals surface area contributed by atoms with Crippen molar-refractivity contribution in [2.75, 3.05) is 0 Å². The van der Waals surface area contributed by atoms with Crippen molar-refractivity contribution in [1.29, 1.82) is 0 Å². The number of hydrogen-bond donors (Lipinski definition) is 2. The predicted molar refractivity (Wildman–Crippen MR) is 65.3 cm³/mol. The maximum atomic E-state index is 12.4. The highest BCUT2D eigenvalue weighted by Gasteiger charge is 2.34. The largest absolute Gasteiger partial charge is 0.480 e. The molecule has 0 bridgehead atoms. The molecular formula is C12H12F3NO3S. The zero-order chi connectivity index (χ0) is 14.9. The van der Waals surface area contributed by atoms with Crippen molar-refractivity contribution in [3.8, 4) is 0 Å². The molecule has 1 saturated carbocycles. The SMILES string of the molecule is O=C(NC(Cc1cc(C(F)(F)F)cs1)C(=O)O)C1CC1. The molecule has 0 aromatic carbocycles. The molecule has 2 N–H and O–H groups in total. The van der Waals surface area contributed by atoms with Crippen LogP contribution in [0.1, 0.15) is 23.3 Å². The van der Waals surface area contributed by atoms with E-state index in [1.165, 1.54) is 0 Å². The first-order valence-corrected chi connectivity index (χ1v) is 6.83. The van der Waals surface area contributed by atoms with Gasteiger partial charge in [0.05, 0.1) is 5.56 Å². The summed E-state index contributed by atoms with van der Waals surface area (Å²) in [5.41, 5.74) is -0.796. The highest BCUT2D eigenvalue weighted by molar-refractivity contribution is 7.10. The molecule has 1 fully saturated rings. The fraction of sp³-hybridized carbons (Fsp3) is 0.500. The van der Waals surface area contributed by atoms with Gasteiger partial charge in [-0.15, -0.1) is 11.3 Å². The molecule has 0 radical (unpaired) electrons. The minimum atomic E-state index is -4.44. The summed E-state index contributed by atoms with van der Waals surface area (Å²) in [6.07, 6.45) is -3.12. The standard InChI is InChI=1S/C12H12F3NO3S/c13-12(14,15)7-3-8(20-5-7)4-9(11(18)19)16-10(17)6-1-2-6/h3,5-6,9H,1-2,4H2,(H,16,17)(H,18,19). The number of carbonyl (C=O) groups excluding carboxylic acids is 1. The van der Waals surface area contributed by atoms with E-state index in [4.69, 9.17) is 5.11 Å². The minimum Gasteiger partial charge on any atom is -0.480 e. The lowest BCUT2D eigenvalue weighted by Crippen LogP contribution is -2.42. The Morgan fingerprint density at radius 3 is 2.55 bits per heavy atom. The number of carbonyl (C=O) groups is 2. The van der Waals surface area contributed by atoms with E-state index < -0.39 is 23.8 Å². The maximum absolute atomic E-state index is 12.4. The molecule has 2 rings (SSSR count). The molecule has 1 amide bonds. The monoisotopic (exact) mass is 307 g/mol. The number of halogens is 3. The first-order chi connectivity index (χ1) is 9.27. The third-order valence-corrected chi connectivity index (χ3v) is 3.91. The van der Waals surface area contributed by atoms with E-state index in [-0.39, 0.29) is 23.1 Å². The lowest BCUT2D eigenvalue weighted by molar-refractivity contribution is -0.141. The third-order valence-electron chi connectivity index (χ3n) is 2.95. The summed E-state index contributed by atoms with van der Waals surface area (Å²) in [4.78, 5) is 22.9. The van der Waals surface area contributed by atoms with Crippen LogP contribution in [0.4, 0.5) is 13.2 Å². The molecule has 1 unspecified atom stereocenters. The molecule has 1 aliphatic carbocycles. The van der Waals surface area contributed by atoms with Crippen molar-refractivity contribution in [3.63, 3.8) is 0 Å². The number of hydrogen-bond acceptors (Lipinski definition) is 3. The fourth-order valence-electron chi connectivity index (χ4n) is 1.67. The highest BCUT2D eigenvalue weighted by atomic mass is 32.1. The first kappa shape index (κ1) is 14.8. The second-order valence-electron chi connectivity index (χ2n) is 4.68. The Balaban J connectivity index is 2.02. The number of alkyl halides is 3. The van der Waals surface area contributed by atoms with Gasteiger partial charge in [0.15, 0.2) is 0 Å². The first-order valence-electron chi connectivity index (χ1n) is 5.95. The Kier molecular flexibility index (Phi) is 4.03. The fourth-order valence-corrected chi connectivity index (χ4v) is 2.61. The second kappa shape index (κ2) is 5.43. The van der Waals surface area contributed by atoms with Crippen molar-refractivity contribution in [2.24, 2.45) is 5.92 Å². The predicted octanol–water partition coefficient (Wildman–Crippen LogP) is 2.29. The van der Waals surface area contributed by atoms with Gasteiger partial charge in [0, 0.05) is 22.6 Å². The Morgan fingerprint density at radius 2 is 2.10 bits per heavy atom. The quantitative estimate of drug-likeness (QED) is 0.877. The van der Waals surface area contributed by atoms with Crippen LogP contribution in [-0.4, -0.2) is 23.0 Å². The van der Waals surface area contributed by atoms with Crippen LogP contribution < -0.4 is 5.32 Å². The molecule has 4 nitrogen and oxygen atoms in total. The smallest absolute Gasteiger partial charge is 0.417 e. The van der Waals surface area contributed by atoms with Gasteiger partial charge in [-0.25, -0.2) is 4.79 Å². The zero-order valence-corrected chi connectivity index (χ0v) is 11.1. The summed E-state index contributed by atoms with van der Waals surface area (Å²) in [7, 11) is 0. The van der Waals surface area contributed by atoms with E-state index in [0.29, 0.717) is 0 Å². The molecule has 1 aromatic rings. The lowest BCUT2D eigenvalue weighted by atomic mass is 10.1. The minimum absolute atomic E-state index is 0.144. The Bertz CT molecular complexity index is 522. The molecule has 8 heteroatoms. The van der Waals surface area contributed by atoms with E-state index in [1.807, 2.05) is 0 Å². The Labute approximate surface area is 116 Å². The summed E-state index contributed by atoms with van der Waals surface area (Å²) in [5, 5.41) is 12.3. The van der Waals surface area contributed by atoms with Crippen LogP contribution in [-0.2, 0) is 22.2 Å². The van der Waals surface area contributed by atoms with Gasteiger partial charge in [-0.2, -0.15) is 13.2 Å². The van der Waals surface area contributed by atoms with Crippen LogP contribution in [0, 0.1) is 5.92 Å². The van der Waals surface area contributed by atoms with E-state index in [2.05, 4.69) is 5.32 Å². The van der Waals surface area contributed by atoms with E-state index >= 15 is 0 Å². The average molecular weight is 307 g/mol. The highest BCUT2D eigenvalue weighted by Crippen LogP contribution is 2.33. The van der Waals surface area contributed by atoms with Crippen molar-refractivity contribution in [3.05, 3.63) is 21.9 Å². The van der Waals surface area contributed by atoms with Gasteiger partial charge in [-0.1, -0.05) is 0 Å². The number of nitrogens with one attached hydrogen (secondary N) is 1. The number of thiophene rings is 1. The third kappa shape index (κ3) is 3.72. The summed E-state index contributed by atoms with van der Waals surface area (Å²) < 4.78 is 37.3. The summed E-state index contributed by atoms with van der Waals surface area (Å²) in [6, 6.07) is -0.271. The topological polar surface area (TPSA) is 66.4 Å². The Hall–Kier alpha value is -1.57. The second-order valence-corrected chi connectivity index (χ2v) is 5.67. The van der Waals surface area contributed by atoms with Crippen molar-refractivity contribution < 1.29 is 27.9 Å². The van der Waals surface area contributed by atoms with Crippen LogP contribution in [0.25, 0.3) is 0 Å². The van der Waals surface area contributed by atoms with Gasteiger partial charge < -0.3 is 10.4 Å². The molecule has 0 saturated heterocycles. The van der Waals surface area contributed by atoms with Gasteiger partial charge in [0.1, 0.15) is 6.04 Å². The Morgan fingerprint density at radius 1 is 1.45 bits per heavy atom. The maximum Gasteiger partial charge on any atom is 0.417 e. The number of amides is 1. The molecule has 1 aliphatic rings. The van der Waals surface area contributed by atoms with Gasteiger partial charge >= 0.3 is 12.1 Å². The number of rotatable bonds is 5. The molecular weight excluding hydrogens is 295 g/mol. The number of carboxylic acid groups (broad SMARTS) is 1. The molecule has 1 aromatic heterocycles. The van der Waals surface area contributed by atoms with Gasteiger partial charge in [0.25, 0.3) is 0 Å². The average Bonchev–Trinajstić information content (AvgIpc) is 3.07. The molecule has 1 heterocycles. The summed E-state index contributed by atoms with van der Waals surface area (Å²) in [6.45, 7) is 0. The van der Waals surface area contributed by atoms with Crippen LogP contribution in [0.2, 0.25) is 0 Å². The number of aliphatic carboxylic acids is 1. The molecule has 20 heavy (non-hydrogen) atoms. The summed E-state index contributed by atoms with van der Waals surface area (Å²) >= 11 is 0.839. The van der Waals surface area contributed by atoms with Crippen molar-refractivity contribution in [1.82, 2.24) is 5.32 Å². The molecule has 0 spiro atoms. The van der Waals surface area contributed by atoms with Crippen LogP contribution in [0.15, 0.2) is 11.4 Å². The summed E-state index contributed by atoms with van der Waals surface area (Å²) in [5.74, 6) is -1.74.